The first-order chi connectivity index (χ1) is 9.17. The van der Waals surface area contributed by atoms with Crippen LogP contribution >= 0.6 is 15.9 Å². The molecular weight excluding hydrogens is 344 g/mol. The van der Waals surface area contributed by atoms with Crippen molar-refractivity contribution in [3.8, 4) is 0 Å². The number of hydrogen-bond donors (Lipinski definition) is 2. The SMILES string of the molecule is CCCNc1ncc(Br)c(NCC(C)(C)S(C)(=O)=O)n1. The zero-order valence-corrected chi connectivity index (χ0v) is 14.6. The number of nitrogens with zero attached hydrogens (tertiary/aromatic N) is 2. The molecule has 0 saturated heterocycles. The second-order valence-corrected chi connectivity index (χ2v) is 8.71. The Morgan fingerprint density at radius 3 is 2.55 bits per heavy atom. The van der Waals surface area contributed by atoms with E-state index in [-0.39, 0.29) is 6.54 Å². The second kappa shape index (κ2) is 6.71. The number of halogens is 1. The van der Waals surface area contributed by atoms with Crippen LogP contribution in [0.15, 0.2) is 10.7 Å². The van der Waals surface area contributed by atoms with E-state index in [1.807, 2.05) is 0 Å². The number of rotatable bonds is 7. The van der Waals surface area contributed by atoms with E-state index in [4.69, 9.17) is 0 Å². The Morgan fingerprint density at radius 1 is 1.35 bits per heavy atom. The Balaban J connectivity index is 2.82. The average Bonchev–Trinajstić information content (AvgIpc) is 2.35. The molecule has 2 N–H and O–H groups in total. The molecule has 114 valence electrons. The molecule has 1 rings (SSSR count). The van der Waals surface area contributed by atoms with E-state index in [1.165, 1.54) is 6.26 Å². The van der Waals surface area contributed by atoms with Gasteiger partial charge >= 0.3 is 0 Å². The maximum absolute atomic E-state index is 11.7. The highest BCUT2D eigenvalue weighted by molar-refractivity contribution is 9.10. The lowest BCUT2D eigenvalue weighted by molar-refractivity contribution is 0.559. The summed E-state index contributed by atoms with van der Waals surface area (Å²) in [5.74, 6) is 1.10. The van der Waals surface area contributed by atoms with Crippen LogP contribution in [0.3, 0.4) is 0 Å². The smallest absolute Gasteiger partial charge is 0.224 e. The van der Waals surface area contributed by atoms with E-state index >= 15 is 0 Å². The fourth-order valence-electron chi connectivity index (χ4n) is 1.24. The first-order valence-corrected chi connectivity index (χ1v) is 9.05. The van der Waals surface area contributed by atoms with Gasteiger partial charge in [-0.1, -0.05) is 6.92 Å². The molecule has 0 aromatic carbocycles. The summed E-state index contributed by atoms with van der Waals surface area (Å²) in [6.07, 6.45) is 3.85. The van der Waals surface area contributed by atoms with Gasteiger partial charge in [-0.25, -0.2) is 13.4 Å². The third-order valence-corrected chi connectivity index (χ3v) is 5.69. The van der Waals surface area contributed by atoms with Crippen molar-refractivity contribution < 1.29 is 8.42 Å². The normalized spacial score (nSPS) is 12.2. The van der Waals surface area contributed by atoms with Crippen molar-refractivity contribution in [3.63, 3.8) is 0 Å². The van der Waals surface area contributed by atoms with Gasteiger partial charge in [0.15, 0.2) is 9.84 Å². The molecular formula is C12H21BrN4O2S. The lowest BCUT2D eigenvalue weighted by atomic mass is 10.2. The Morgan fingerprint density at radius 2 is 2.00 bits per heavy atom. The number of sulfone groups is 1. The van der Waals surface area contributed by atoms with E-state index in [2.05, 4.69) is 43.5 Å². The topological polar surface area (TPSA) is 84.0 Å². The van der Waals surface area contributed by atoms with Crippen LogP contribution in [-0.2, 0) is 9.84 Å². The second-order valence-electron chi connectivity index (χ2n) is 5.20. The van der Waals surface area contributed by atoms with Crippen molar-refractivity contribution in [3.05, 3.63) is 10.7 Å². The summed E-state index contributed by atoms with van der Waals surface area (Å²) in [5.41, 5.74) is 0. The van der Waals surface area contributed by atoms with E-state index < -0.39 is 14.6 Å². The predicted molar refractivity (Wildman–Crippen MR) is 85.9 cm³/mol. The van der Waals surface area contributed by atoms with Gasteiger partial charge in [0.05, 0.1) is 9.22 Å². The molecule has 1 heterocycles. The minimum absolute atomic E-state index is 0.272. The van der Waals surface area contributed by atoms with Gasteiger partial charge in [0.25, 0.3) is 0 Å². The van der Waals surface area contributed by atoms with E-state index in [0.717, 1.165) is 13.0 Å². The van der Waals surface area contributed by atoms with Gasteiger partial charge in [0.1, 0.15) is 5.82 Å². The monoisotopic (exact) mass is 364 g/mol. The molecule has 6 nitrogen and oxygen atoms in total. The molecule has 8 heteroatoms. The van der Waals surface area contributed by atoms with Crippen molar-refractivity contribution in [1.29, 1.82) is 0 Å². The highest BCUT2D eigenvalue weighted by atomic mass is 79.9. The molecule has 0 unspecified atom stereocenters. The quantitative estimate of drug-likeness (QED) is 0.771. The summed E-state index contributed by atoms with van der Waals surface area (Å²) in [4.78, 5) is 8.46. The molecule has 0 aliphatic heterocycles. The summed E-state index contributed by atoms with van der Waals surface area (Å²) >= 11 is 3.35. The Hall–Kier alpha value is -0.890. The molecule has 20 heavy (non-hydrogen) atoms. The molecule has 0 atom stereocenters. The number of hydrogen-bond acceptors (Lipinski definition) is 6. The Labute approximate surface area is 128 Å². The van der Waals surface area contributed by atoms with Crippen molar-refractivity contribution in [2.45, 2.75) is 31.9 Å². The molecule has 0 aliphatic carbocycles. The summed E-state index contributed by atoms with van der Waals surface area (Å²) in [6.45, 7) is 6.48. The highest BCUT2D eigenvalue weighted by Gasteiger charge is 2.30. The van der Waals surface area contributed by atoms with Gasteiger partial charge in [-0.05, 0) is 36.2 Å². The van der Waals surface area contributed by atoms with E-state index in [1.54, 1.807) is 20.0 Å². The van der Waals surface area contributed by atoms with Crippen LogP contribution in [-0.4, -0.2) is 42.5 Å². The van der Waals surface area contributed by atoms with Crippen LogP contribution in [0.4, 0.5) is 11.8 Å². The molecule has 0 radical (unpaired) electrons. The third-order valence-electron chi connectivity index (χ3n) is 2.96. The minimum Gasteiger partial charge on any atom is -0.367 e. The van der Waals surface area contributed by atoms with Crippen LogP contribution < -0.4 is 10.6 Å². The molecule has 1 aromatic heterocycles. The number of aromatic nitrogens is 2. The molecule has 0 fully saturated rings. The van der Waals surface area contributed by atoms with Crippen LogP contribution in [0.25, 0.3) is 0 Å². The zero-order chi connectivity index (χ0) is 15.4. The molecule has 0 saturated carbocycles. The predicted octanol–water partition coefficient (Wildman–Crippen LogP) is 2.30. The highest BCUT2D eigenvalue weighted by Crippen LogP contribution is 2.22. The number of nitrogens with one attached hydrogen (secondary N) is 2. The maximum atomic E-state index is 11.7. The Kier molecular flexibility index (Phi) is 5.76. The van der Waals surface area contributed by atoms with Gasteiger partial charge < -0.3 is 10.6 Å². The van der Waals surface area contributed by atoms with Crippen molar-refractivity contribution in [2.75, 3.05) is 30.0 Å². The fourth-order valence-corrected chi connectivity index (χ4v) is 1.91. The maximum Gasteiger partial charge on any atom is 0.224 e. The lowest BCUT2D eigenvalue weighted by Gasteiger charge is -2.23. The van der Waals surface area contributed by atoms with Crippen molar-refractivity contribution >= 4 is 37.5 Å². The zero-order valence-electron chi connectivity index (χ0n) is 12.2. The summed E-state index contributed by atoms with van der Waals surface area (Å²) in [7, 11) is -3.15. The minimum atomic E-state index is -3.15. The number of anilines is 2. The first kappa shape index (κ1) is 17.2. The van der Waals surface area contributed by atoms with Gasteiger partial charge in [0.2, 0.25) is 5.95 Å². The van der Waals surface area contributed by atoms with Gasteiger partial charge in [-0.15, -0.1) is 0 Å². The van der Waals surface area contributed by atoms with E-state index in [9.17, 15) is 8.42 Å². The van der Waals surface area contributed by atoms with Crippen LogP contribution in [0.5, 0.6) is 0 Å². The summed E-state index contributed by atoms with van der Waals surface area (Å²) < 4.78 is 23.2. The van der Waals surface area contributed by atoms with Crippen molar-refractivity contribution in [2.24, 2.45) is 0 Å². The van der Waals surface area contributed by atoms with E-state index in [0.29, 0.717) is 16.2 Å². The standard InChI is InChI=1S/C12H21BrN4O2S/c1-5-6-14-11-15-7-9(13)10(17-11)16-8-12(2,3)20(4,18)19/h7H,5-6,8H2,1-4H3,(H2,14,15,16,17). The molecule has 0 spiro atoms. The average molecular weight is 365 g/mol. The van der Waals surface area contributed by atoms with Crippen molar-refractivity contribution in [1.82, 2.24) is 9.97 Å². The Bertz CT molecular complexity index is 561. The molecule has 1 aromatic rings. The first-order valence-electron chi connectivity index (χ1n) is 6.37. The van der Waals surface area contributed by atoms with Gasteiger partial charge in [0, 0.05) is 25.5 Å². The summed E-state index contributed by atoms with van der Waals surface area (Å²) in [5, 5.41) is 6.15. The van der Waals surface area contributed by atoms with Crippen LogP contribution in [0, 0.1) is 0 Å². The molecule has 0 bridgehead atoms. The summed E-state index contributed by atoms with van der Waals surface area (Å²) in [6, 6.07) is 0. The third kappa shape index (κ3) is 4.59. The van der Waals surface area contributed by atoms with Crippen LogP contribution in [0.2, 0.25) is 0 Å². The van der Waals surface area contributed by atoms with Crippen LogP contribution in [0.1, 0.15) is 27.2 Å². The molecule has 0 amide bonds. The lowest BCUT2D eigenvalue weighted by Crippen LogP contribution is -2.38. The largest absolute Gasteiger partial charge is 0.367 e. The molecule has 0 aliphatic rings. The fraction of sp³-hybridized carbons (Fsp3) is 0.667. The van der Waals surface area contributed by atoms with Gasteiger partial charge in [-0.3, -0.25) is 0 Å². The van der Waals surface area contributed by atoms with Gasteiger partial charge in [-0.2, -0.15) is 4.98 Å².